The molecule has 2 aliphatic rings. The predicted molar refractivity (Wildman–Crippen MR) is 140 cm³/mol. The van der Waals surface area contributed by atoms with Crippen LogP contribution in [-0.2, 0) is 9.59 Å². The minimum absolute atomic E-state index is 0.0722. The van der Waals surface area contributed by atoms with E-state index in [9.17, 15) is 14.7 Å². The molecular formula is C28H26BrN3O3. The average molecular weight is 532 g/mol. The van der Waals surface area contributed by atoms with E-state index in [-0.39, 0.29) is 11.3 Å². The lowest BCUT2D eigenvalue weighted by Crippen LogP contribution is -2.30. The summed E-state index contributed by atoms with van der Waals surface area (Å²) in [4.78, 5) is 34.6. The Morgan fingerprint density at radius 2 is 1.60 bits per heavy atom. The lowest BCUT2D eigenvalue weighted by molar-refractivity contribution is -0.132. The third-order valence-electron chi connectivity index (χ3n) is 6.75. The molecule has 0 bridgehead atoms. The normalized spacial score (nSPS) is 19.9. The van der Waals surface area contributed by atoms with Crippen molar-refractivity contribution < 1.29 is 14.7 Å². The molecule has 0 radical (unpaired) electrons. The molecule has 2 aliphatic heterocycles. The molecule has 2 fully saturated rings. The molecule has 0 spiro atoms. The summed E-state index contributed by atoms with van der Waals surface area (Å²) in [5.74, 6) is -1.55. The number of carbonyl (C=O) groups excluding carboxylic acids is 2. The van der Waals surface area contributed by atoms with Crippen LogP contribution in [-0.4, -0.2) is 34.9 Å². The minimum Gasteiger partial charge on any atom is -0.507 e. The van der Waals surface area contributed by atoms with Crippen LogP contribution in [0.2, 0.25) is 0 Å². The lowest BCUT2D eigenvalue weighted by Gasteiger charge is -2.30. The van der Waals surface area contributed by atoms with Crippen molar-refractivity contribution in [3.8, 4) is 0 Å². The fourth-order valence-corrected chi connectivity index (χ4v) is 5.13. The second-order valence-corrected chi connectivity index (χ2v) is 9.83. The Morgan fingerprint density at radius 3 is 2.26 bits per heavy atom. The summed E-state index contributed by atoms with van der Waals surface area (Å²) in [7, 11) is 0. The van der Waals surface area contributed by atoms with Crippen LogP contribution in [0.25, 0.3) is 5.76 Å². The van der Waals surface area contributed by atoms with Crippen molar-refractivity contribution in [1.82, 2.24) is 4.98 Å². The first kappa shape index (κ1) is 23.3. The Morgan fingerprint density at radius 1 is 0.943 bits per heavy atom. The van der Waals surface area contributed by atoms with Crippen LogP contribution in [0.3, 0.4) is 0 Å². The molecule has 7 heteroatoms. The van der Waals surface area contributed by atoms with E-state index in [2.05, 4.69) is 25.8 Å². The highest BCUT2D eigenvalue weighted by Gasteiger charge is 2.47. The highest BCUT2D eigenvalue weighted by atomic mass is 79.9. The van der Waals surface area contributed by atoms with E-state index in [1.54, 1.807) is 36.7 Å². The molecule has 178 valence electrons. The molecule has 1 unspecified atom stereocenters. The molecule has 2 aromatic carbocycles. The highest BCUT2D eigenvalue weighted by Crippen LogP contribution is 2.42. The van der Waals surface area contributed by atoms with Gasteiger partial charge in [0, 0.05) is 46.9 Å². The van der Waals surface area contributed by atoms with Crippen LogP contribution in [0.15, 0.2) is 77.0 Å². The molecule has 1 N–H and O–H groups in total. The van der Waals surface area contributed by atoms with Gasteiger partial charge in [-0.3, -0.25) is 19.5 Å². The number of pyridine rings is 1. The van der Waals surface area contributed by atoms with Crippen molar-refractivity contribution >= 4 is 44.8 Å². The number of benzene rings is 2. The van der Waals surface area contributed by atoms with E-state index >= 15 is 0 Å². The Bertz CT molecular complexity index is 1300. The number of carbonyl (C=O) groups is 2. The summed E-state index contributed by atoms with van der Waals surface area (Å²) >= 11 is 3.47. The molecule has 1 atom stereocenters. The number of rotatable bonds is 4. The number of anilines is 2. The number of aliphatic hydroxyl groups is 1. The third-order valence-corrected chi connectivity index (χ3v) is 7.64. The number of halogens is 1. The van der Waals surface area contributed by atoms with Gasteiger partial charge >= 0.3 is 0 Å². The van der Waals surface area contributed by atoms with Crippen molar-refractivity contribution in [2.75, 3.05) is 22.9 Å². The van der Waals surface area contributed by atoms with Gasteiger partial charge in [0.25, 0.3) is 11.7 Å². The predicted octanol–water partition coefficient (Wildman–Crippen LogP) is 5.77. The van der Waals surface area contributed by atoms with Gasteiger partial charge in [0.2, 0.25) is 0 Å². The fourth-order valence-electron chi connectivity index (χ4n) is 4.88. The molecule has 2 saturated heterocycles. The van der Waals surface area contributed by atoms with E-state index in [0.717, 1.165) is 28.8 Å². The topological polar surface area (TPSA) is 73.7 Å². The number of aliphatic hydroxyl groups excluding tert-OH is 1. The number of ketones is 1. The van der Waals surface area contributed by atoms with Crippen molar-refractivity contribution in [3.63, 3.8) is 0 Å². The second kappa shape index (κ2) is 9.66. The van der Waals surface area contributed by atoms with E-state index in [1.165, 1.54) is 24.2 Å². The monoisotopic (exact) mass is 531 g/mol. The first-order valence-corrected chi connectivity index (χ1v) is 12.6. The first-order chi connectivity index (χ1) is 17.0. The standard InChI is InChI=1S/C28H26BrN3O3/c1-18-17-20(5-10-23(18)29)26(33)24-25(19-11-13-30-14-12-19)32(28(35)27(24)34)22-8-6-21(7-9-22)31-15-3-2-4-16-31/h5-14,17,25,33H,2-4,15-16H2,1H3/b26-24-. The number of amides is 1. The quantitative estimate of drug-likeness (QED) is 0.263. The molecular weight excluding hydrogens is 506 g/mol. The summed E-state index contributed by atoms with van der Waals surface area (Å²) in [6, 6.07) is 15.9. The Kier molecular flexibility index (Phi) is 6.43. The van der Waals surface area contributed by atoms with Gasteiger partial charge in [0.05, 0.1) is 11.6 Å². The maximum Gasteiger partial charge on any atom is 0.300 e. The first-order valence-electron chi connectivity index (χ1n) is 11.8. The Balaban J connectivity index is 1.60. The number of aryl methyl sites for hydroxylation is 1. The molecule has 0 saturated carbocycles. The summed E-state index contributed by atoms with van der Waals surface area (Å²) in [6.45, 7) is 3.95. The van der Waals surface area contributed by atoms with Crippen LogP contribution in [0, 0.1) is 6.92 Å². The maximum atomic E-state index is 13.3. The number of hydrogen-bond donors (Lipinski definition) is 1. The lowest BCUT2D eigenvalue weighted by atomic mass is 9.95. The highest BCUT2D eigenvalue weighted by molar-refractivity contribution is 9.10. The van der Waals surface area contributed by atoms with Crippen molar-refractivity contribution in [1.29, 1.82) is 0 Å². The number of nitrogens with zero attached hydrogens (tertiary/aromatic N) is 3. The Hall–Kier alpha value is -3.45. The van der Waals surface area contributed by atoms with E-state index < -0.39 is 17.7 Å². The van der Waals surface area contributed by atoms with Crippen LogP contribution in [0.1, 0.15) is 42.0 Å². The zero-order valence-corrected chi connectivity index (χ0v) is 21.0. The molecule has 3 heterocycles. The van der Waals surface area contributed by atoms with Gasteiger partial charge in [-0.1, -0.05) is 22.0 Å². The maximum absolute atomic E-state index is 13.3. The zero-order chi connectivity index (χ0) is 24.5. The minimum atomic E-state index is -0.761. The molecule has 6 nitrogen and oxygen atoms in total. The number of Topliss-reactive ketones (excluding diaryl/α,β-unsaturated/α-hetero) is 1. The smallest absolute Gasteiger partial charge is 0.300 e. The van der Waals surface area contributed by atoms with Crippen molar-refractivity contribution in [3.05, 3.63) is 93.7 Å². The number of aromatic nitrogens is 1. The van der Waals surface area contributed by atoms with Crippen molar-refractivity contribution in [2.24, 2.45) is 0 Å². The molecule has 35 heavy (non-hydrogen) atoms. The molecule has 0 aliphatic carbocycles. The van der Waals surface area contributed by atoms with Gasteiger partial charge in [-0.05, 0) is 85.8 Å². The summed E-state index contributed by atoms with van der Waals surface area (Å²) in [5, 5.41) is 11.3. The van der Waals surface area contributed by atoms with Crippen LogP contribution in [0.4, 0.5) is 11.4 Å². The van der Waals surface area contributed by atoms with Crippen molar-refractivity contribution in [2.45, 2.75) is 32.2 Å². The van der Waals surface area contributed by atoms with E-state index in [4.69, 9.17) is 0 Å². The van der Waals surface area contributed by atoms with Gasteiger partial charge in [0.1, 0.15) is 5.76 Å². The molecule has 1 amide bonds. The van der Waals surface area contributed by atoms with E-state index in [1.807, 2.05) is 37.3 Å². The van der Waals surface area contributed by atoms with Gasteiger partial charge in [-0.15, -0.1) is 0 Å². The van der Waals surface area contributed by atoms with Crippen LogP contribution >= 0.6 is 15.9 Å². The second-order valence-electron chi connectivity index (χ2n) is 8.98. The third kappa shape index (κ3) is 4.36. The number of hydrogen-bond acceptors (Lipinski definition) is 5. The molecule has 5 rings (SSSR count). The van der Waals surface area contributed by atoms with Gasteiger partial charge < -0.3 is 10.0 Å². The van der Waals surface area contributed by atoms with Crippen LogP contribution in [0.5, 0.6) is 0 Å². The largest absolute Gasteiger partial charge is 0.507 e. The van der Waals surface area contributed by atoms with Gasteiger partial charge in [-0.2, -0.15) is 0 Å². The summed E-state index contributed by atoms with van der Waals surface area (Å²) in [6.07, 6.45) is 6.85. The molecule has 3 aromatic rings. The SMILES string of the molecule is Cc1cc(/C(O)=C2/C(=O)C(=O)N(c3ccc(N4CCCCC4)cc3)C2c2ccncc2)ccc1Br. The fraction of sp³-hybridized carbons (Fsp3) is 0.250. The zero-order valence-electron chi connectivity index (χ0n) is 19.4. The summed E-state index contributed by atoms with van der Waals surface area (Å²) < 4.78 is 0.897. The van der Waals surface area contributed by atoms with Gasteiger partial charge in [0.15, 0.2) is 0 Å². The number of piperidine rings is 1. The average Bonchev–Trinajstić information content (AvgIpc) is 3.16. The van der Waals surface area contributed by atoms with Gasteiger partial charge in [-0.25, -0.2) is 0 Å². The van der Waals surface area contributed by atoms with E-state index in [0.29, 0.717) is 16.8 Å². The molecule has 1 aromatic heterocycles. The van der Waals surface area contributed by atoms with Crippen LogP contribution < -0.4 is 9.80 Å². The summed E-state index contributed by atoms with van der Waals surface area (Å²) in [5.41, 5.74) is 3.90. The Labute approximate surface area is 213 Å².